The molecule has 0 saturated heterocycles. The molecule has 4 nitrogen and oxygen atoms in total. The van der Waals surface area contributed by atoms with Gasteiger partial charge in [0.05, 0.1) is 11.6 Å². The van der Waals surface area contributed by atoms with Gasteiger partial charge < -0.3 is 15.5 Å². The lowest BCUT2D eigenvalue weighted by Gasteiger charge is -2.30. The monoisotopic (exact) mass is 357 g/mol. The van der Waals surface area contributed by atoms with Crippen molar-refractivity contribution in [3.8, 4) is 10.4 Å². The first-order chi connectivity index (χ1) is 11.5. The van der Waals surface area contributed by atoms with E-state index in [4.69, 9.17) is 12.2 Å². The summed E-state index contributed by atoms with van der Waals surface area (Å²) in [5.74, 6) is -0.0188. The molecule has 1 aromatic heterocycles. The number of carbonyl (C=O) groups is 1. The first-order valence-corrected chi connectivity index (χ1v) is 8.85. The van der Waals surface area contributed by atoms with E-state index in [1.807, 2.05) is 25.1 Å². The maximum absolute atomic E-state index is 12.6. The molecule has 0 aliphatic carbocycles. The van der Waals surface area contributed by atoms with E-state index in [-0.39, 0.29) is 11.9 Å². The van der Waals surface area contributed by atoms with E-state index in [9.17, 15) is 4.79 Å². The zero-order valence-electron chi connectivity index (χ0n) is 13.8. The van der Waals surface area contributed by atoms with Gasteiger partial charge in [0.1, 0.15) is 0 Å². The Morgan fingerprint density at radius 2 is 1.88 bits per heavy atom. The number of nitrogens with one attached hydrogen (secondary N) is 2. The standard InChI is InChI=1S/C18H19N3OS2/c1-11-15(17(22)21(2)3)16(20-18(23)19-11)14-10-9-13(24-14)12-7-5-4-6-8-12/h4-10,16H,1-3H3,(H2,19,20,23)/t16-/m0/s1. The van der Waals surface area contributed by atoms with Gasteiger partial charge in [-0.1, -0.05) is 30.3 Å². The van der Waals surface area contributed by atoms with Crippen LogP contribution in [0.15, 0.2) is 53.7 Å². The van der Waals surface area contributed by atoms with Crippen LogP contribution in [0.4, 0.5) is 0 Å². The molecule has 2 heterocycles. The highest BCUT2D eigenvalue weighted by Gasteiger charge is 2.31. The van der Waals surface area contributed by atoms with Crippen LogP contribution in [0.25, 0.3) is 10.4 Å². The molecular weight excluding hydrogens is 338 g/mol. The number of likely N-dealkylation sites (N-methyl/N-ethyl adjacent to an activating group) is 1. The summed E-state index contributed by atoms with van der Waals surface area (Å²) in [5, 5.41) is 6.84. The Kier molecular flexibility index (Phi) is 4.69. The molecule has 24 heavy (non-hydrogen) atoms. The third-order valence-electron chi connectivity index (χ3n) is 3.88. The van der Waals surface area contributed by atoms with Gasteiger partial charge in [-0.3, -0.25) is 4.79 Å². The number of benzene rings is 1. The van der Waals surface area contributed by atoms with Gasteiger partial charge in [-0.25, -0.2) is 0 Å². The van der Waals surface area contributed by atoms with Gasteiger partial charge in [-0.2, -0.15) is 0 Å². The lowest BCUT2D eigenvalue weighted by Crippen LogP contribution is -2.46. The van der Waals surface area contributed by atoms with Gasteiger partial charge in [0.15, 0.2) is 5.11 Å². The molecule has 1 aliphatic heterocycles. The summed E-state index contributed by atoms with van der Waals surface area (Å²) < 4.78 is 0. The van der Waals surface area contributed by atoms with Crippen molar-refractivity contribution in [1.82, 2.24) is 15.5 Å². The molecule has 0 bridgehead atoms. The van der Waals surface area contributed by atoms with Gasteiger partial charge in [0.2, 0.25) is 0 Å². The maximum atomic E-state index is 12.6. The smallest absolute Gasteiger partial charge is 0.253 e. The number of thiophene rings is 1. The Balaban J connectivity index is 2.00. The molecule has 1 amide bonds. The van der Waals surface area contributed by atoms with Gasteiger partial charge in [-0.15, -0.1) is 11.3 Å². The number of rotatable bonds is 3. The van der Waals surface area contributed by atoms with Gasteiger partial charge in [0.25, 0.3) is 5.91 Å². The van der Waals surface area contributed by atoms with Gasteiger partial charge >= 0.3 is 0 Å². The summed E-state index contributed by atoms with van der Waals surface area (Å²) in [5.41, 5.74) is 2.68. The van der Waals surface area contributed by atoms with E-state index in [1.54, 1.807) is 30.3 Å². The molecule has 0 radical (unpaired) electrons. The fourth-order valence-corrected chi connectivity index (χ4v) is 4.04. The van der Waals surface area contributed by atoms with Crippen LogP contribution < -0.4 is 10.6 Å². The molecule has 0 fully saturated rings. The summed E-state index contributed by atoms with van der Waals surface area (Å²) in [4.78, 5) is 16.5. The van der Waals surface area contributed by atoms with E-state index in [1.165, 1.54) is 10.4 Å². The van der Waals surface area contributed by atoms with Crippen LogP contribution in [0.1, 0.15) is 17.8 Å². The Bertz CT molecular complexity index is 809. The third kappa shape index (κ3) is 3.20. The summed E-state index contributed by atoms with van der Waals surface area (Å²) in [7, 11) is 3.52. The lowest BCUT2D eigenvalue weighted by molar-refractivity contribution is -0.125. The molecular formula is C18H19N3OS2. The average Bonchev–Trinajstić information content (AvgIpc) is 3.04. The molecule has 0 spiro atoms. The number of hydrogen-bond donors (Lipinski definition) is 2. The molecule has 2 aromatic rings. The fraction of sp³-hybridized carbons (Fsp3) is 0.222. The molecule has 2 N–H and O–H groups in total. The van der Waals surface area contributed by atoms with Crippen LogP contribution in [-0.4, -0.2) is 30.0 Å². The van der Waals surface area contributed by atoms with E-state index >= 15 is 0 Å². The molecule has 1 aliphatic rings. The predicted molar refractivity (Wildman–Crippen MR) is 103 cm³/mol. The van der Waals surface area contributed by atoms with Crippen molar-refractivity contribution in [1.29, 1.82) is 0 Å². The SMILES string of the molecule is CC1=C(C(=O)N(C)C)[C@H](c2ccc(-c3ccccc3)s2)NC(=S)N1. The first-order valence-electron chi connectivity index (χ1n) is 7.62. The summed E-state index contributed by atoms with van der Waals surface area (Å²) in [6.45, 7) is 1.89. The Morgan fingerprint density at radius 3 is 2.54 bits per heavy atom. The third-order valence-corrected chi connectivity index (χ3v) is 5.29. The van der Waals surface area contributed by atoms with Crippen molar-refractivity contribution in [2.45, 2.75) is 13.0 Å². The number of nitrogens with zero attached hydrogens (tertiary/aromatic N) is 1. The van der Waals surface area contributed by atoms with E-state index in [0.717, 1.165) is 10.6 Å². The lowest BCUT2D eigenvalue weighted by atomic mass is 10.0. The number of carbonyl (C=O) groups excluding carboxylic acids is 1. The van der Waals surface area contributed by atoms with Crippen molar-refractivity contribution in [2.24, 2.45) is 0 Å². The summed E-state index contributed by atoms with van der Waals surface area (Å²) in [6, 6.07) is 14.2. The molecule has 6 heteroatoms. The van der Waals surface area contributed by atoms with Crippen molar-refractivity contribution >= 4 is 34.6 Å². The topological polar surface area (TPSA) is 44.4 Å². The number of hydrogen-bond acceptors (Lipinski definition) is 3. The Hall–Kier alpha value is -2.18. The van der Waals surface area contributed by atoms with Crippen LogP contribution in [0.2, 0.25) is 0 Å². The highest BCUT2D eigenvalue weighted by atomic mass is 32.1. The minimum absolute atomic E-state index is 0.0188. The van der Waals surface area contributed by atoms with E-state index in [2.05, 4.69) is 34.9 Å². The zero-order chi connectivity index (χ0) is 17.3. The normalized spacial score (nSPS) is 17.3. The highest BCUT2D eigenvalue weighted by Crippen LogP contribution is 2.36. The van der Waals surface area contributed by atoms with Crippen LogP contribution in [0, 0.1) is 0 Å². The van der Waals surface area contributed by atoms with Crippen LogP contribution in [0.5, 0.6) is 0 Å². The first kappa shape index (κ1) is 16.7. The Labute approximate surface area is 151 Å². The second-order valence-electron chi connectivity index (χ2n) is 5.84. The van der Waals surface area contributed by atoms with E-state index < -0.39 is 0 Å². The van der Waals surface area contributed by atoms with Crippen molar-refractivity contribution in [3.63, 3.8) is 0 Å². The minimum atomic E-state index is -0.226. The summed E-state index contributed by atoms with van der Waals surface area (Å²) >= 11 is 6.96. The van der Waals surface area contributed by atoms with Crippen LogP contribution in [-0.2, 0) is 4.79 Å². The molecule has 1 aromatic carbocycles. The fourth-order valence-electron chi connectivity index (χ4n) is 2.70. The molecule has 1 atom stereocenters. The highest BCUT2D eigenvalue weighted by molar-refractivity contribution is 7.80. The van der Waals surface area contributed by atoms with Crippen LogP contribution >= 0.6 is 23.6 Å². The zero-order valence-corrected chi connectivity index (χ0v) is 15.4. The second kappa shape index (κ2) is 6.75. The maximum Gasteiger partial charge on any atom is 0.253 e. The Morgan fingerprint density at radius 1 is 1.17 bits per heavy atom. The van der Waals surface area contributed by atoms with Crippen molar-refractivity contribution < 1.29 is 4.79 Å². The number of amides is 1. The number of thiocarbonyl (C=S) groups is 1. The van der Waals surface area contributed by atoms with E-state index in [0.29, 0.717) is 10.7 Å². The quantitative estimate of drug-likeness (QED) is 0.828. The average molecular weight is 358 g/mol. The number of allylic oxidation sites excluding steroid dienone is 1. The van der Waals surface area contributed by atoms with Gasteiger partial charge in [0, 0.05) is 29.5 Å². The van der Waals surface area contributed by atoms with Gasteiger partial charge in [-0.05, 0) is 36.8 Å². The molecule has 124 valence electrons. The molecule has 0 unspecified atom stereocenters. The molecule has 0 saturated carbocycles. The largest absolute Gasteiger partial charge is 0.350 e. The van der Waals surface area contributed by atoms with Crippen molar-refractivity contribution in [3.05, 3.63) is 58.6 Å². The van der Waals surface area contributed by atoms with Crippen LogP contribution in [0.3, 0.4) is 0 Å². The molecule has 3 rings (SSSR count). The minimum Gasteiger partial charge on any atom is -0.350 e. The summed E-state index contributed by atoms with van der Waals surface area (Å²) in [6.07, 6.45) is 0. The van der Waals surface area contributed by atoms with Crippen molar-refractivity contribution in [2.75, 3.05) is 14.1 Å². The second-order valence-corrected chi connectivity index (χ2v) is 7.36. The predicted octanol–water partition coefficient (Wildman–Crippen LogP) is 3.30.